The summed E-state index contributed by atoms with van der Waals surface area (Å²) in [5.41, 5.74) is 0. The van der Waals surface area contributed by atoms with Crippen molar-refractivity contribution >= 4 is 30.1 Å². The zero-order chi connectivity index (χ0) is 28.7. The third-order valence-electron chi connectivity index (χ3n) is 3.05. The molecule has 0 aromatic heterocycles. The minimum atomic E-state index is -6.07. The second-order valence-electron chi connectivity index (χ2n) is 5.71. The standard InChI is InChI=1S/C14H9F12NO9/c1-32-27-2-4(34-8(29)12(18,19)20)6(36-10(31)14(24,25)26)5(35-9(30)13(21,22)23)3-33-7(28)11(15,16)17/h2,4-6H,3H2,1H3/b27-2-. The van der Waals surface area contributed by atoms with Gasteiger partial charge in [0.2, 0.25) is 0 Å². The van der Waals surface area contributed by atoms with E-state index in [9.17, 15) is 71.9 Å². The van der Waals surface area contributed by atoms with E-state index in [0.29, 0.717) is 7.11 Å². The molecular weight excluding hydrogens is 554 g/mol. The number of esters is 4. The van der Waals surface area contributed by atoms with Crippen LogP contribution in [0, 0.1) is 0 Å². The Hall–Kier alpha value is -3.49. The van der Waals surface area contributed by atoms with E-state index < -0.39 is 73.5 Å². The quantitative estimate of drug-likeness (QED) is 0.136. The second-order valence-corrected chi connectivity index (χ2v) is 5.71. The van der Waals surface area contributed by atoms with Crippen LogP contribution in [0.1, 0.15) is 0 Å². The number of hydrogen-bond donors (Lipinski definition) is 0. The first-order valence-electron chi connectivity index (χ1n) is 8.15. The average molecular weight is 563 g/mol. The molecule has 0 N–H and O–H groups in total. The van der Waals surface area contributed by atoms with Crippen molar-refractivity contribution in [2.24, 2.45) is 5.16 Å². The summed E-state index contributed by atoms with van der Waals surface area (Å²) in [6.45, 7) is -2.32. The van der Waals surface area contributed by atoms with Gasteiger partial charge in [-0.2, -0.15) is 52.7 Å². The number of oxime groups is 1. The Morgan fingerprint density at radius 3 is 1.44 bits per heavy atom. The van der Waals surface area contributed by atoms with Gasteiger partial charge < -0.3 is 23.8 Å². The monoisotopic (exact) mass is 563 g/mol. The van der Waals surface area contributed by atoms with E-state index in [1.807, 2.05) is 0 Å². The maximum absolute atomic E-state index is 12.6. The molecule has 0 radical (unpaired) electrons. The molecule has 10 nitrogen and oxygen atoms in total. The van der Waals surface area contributed by atoms with Gasteiger partial charge >= 0.3 is 48.6 Å². The lowest BCUT2D eigenvalue weighted by atomic mass is 10.1. The minimum absolute atomic E-state index is 0.238. The Balaban J connectivity index is 6.63. The number of hydrogen-bond acceptors (Lipinski definition) is 10. The molecule has 0 aliphatic heterocycles. The number of halogens is 12. The van der Waals surface area contributed by atoms with Gasteiger partial charge in [-0.15, -0.1) is 0 Å². The Morgan fingerprint density at radius 2 is 1.06 bits per heavy atom. The Morgan fingerprint density at radius 1 is 0.667 bits per heavy atom. The van der Waals surface area contributed by atoms with Crippen LogP contribution < -0.4 is 0 Å². The van der Waals surface area contributed by atoms with Gasteiger partial charge in [0.15, 0.2) is 18.3 Å². The summed E-state index contributed by atoms with van der Waals surface area (Å²) in [5, 5.41) is 2.65. The first-order valence-corrected chi connectivity index (χ1v) is 8.15. The summed E-state index contributed by atoms with van der Waals surface area (Å²) in [6.07, 6.45) is -34.3. The van der Waals surface area contributed by atoms with Gasteiger partial charge in [0.25, 0.3) is 0 Å². The molecule has 22 heteroatoms. The molecule has 0 saturated carbocycles. The first-order chi connectivity index (χ1) is 16.0. The molecule has 3 unspecified atom stereocenters. The molecule has 0 fully saturated rings. The number of ether oxygens (including phenoxy) is 4. The minimum Gasteiger partial charge on any atom is -0.455 e. The molecule has 0 bridgehead atoms. The fourth-order valence-corrected chi connectivity index (χ4v) is 1.68. The highest BCUT2D eigenvalue weighted by Gasteiger charge is 2.52. The van der Waals surface area contributed by atoms with E-state index in [0.717, 1.165) is 0 Å². The SMILES string of the molecule is CO/N=C\C(OC(=O)C(F)(F)F)C(OC(=O)C(F)(F)F)C(COC(=O)C(F)(F)F)OC(=O)C(F)(F)F. The zero-order valence-corrected chi connectivity index (χ0v) is 16.7. The number of carbonyl (C=O) groups excluding carboxylic acids is 4. The normalized spacial score (nSPS) is 15.5. The predicted octanol–water partition coefficient (Wildman–Crippen LogP) is 2.15. The fraction of sp³-hybridized carbons (Fsp3) is 0.643. The molecule has 0 amide bonds. The first kappa shape index (κ1) is 32.5. The van der Waals surface area contributed by atoms with Crippen LogP contribution in [0.3, 0.4) is 0 Å². The van der Waals surface area contributed by atoms with Crippen molar-refractivity contribution in [3.8, 4) is 0 Å². The van der Waals surface area contributed by atoms with Crippen molar-refractivity contribution in [3.63, 3.8) is 0 Å². The van der Waals surface area contributed by atoms with Crippen LogP contribution >= 0.6 is 0 Å². The lowest BCUT2D eigenvalue weighted by Crippen LogP contribution is -2.52. The van der Waals surface area contributed by atoms with Crippen LogP contribution in [-0.4, -0.2) is 86.8 Å². The topological polar surface area (TPSA) is 127 Å². The fourth-order valence-electron chi connectivity index (χ4n) is 1.68. The second kappa shape index (κ2) is 12.0. The van der Waals surface area contributed by atoms with Gasteiger partial charge in [-0.1, -0.05) is 5.16 Å². The Bertz CT molecular complexity index is 831. The lowest BCUT2D eigenvalue weighted by molar-refractivity contribution is -0.236. The van der Waals surface area contributed by atoms with Gasteiger partial charge in [0.1, 0.15) is 13.7 Å². The Labute approximate surface area is 189 Å². The maximum Gasteiger partial charge on any atom is 0.490 e. The molecule has 0 aromatic rings. The molecule has 3 atom stereocenters. The van der Waals surface area contributed by atoms with Crippen molar-refractivity contribution in [1.82, 2.24) is 0 Å². The van der Waals surface area contributed by atoms with Gasteiger partial charge in [0, 0.05) is 0 Å². The molecule has 0 heterocycles. The number of nitrogens with zero attached hydrogens (tertiary/aromatic N) is 1. The van der Waals surface area contributed by atoms with Crippen LogP contribution in [0.25, 0.3) is 0 Å². The number of rotatable bonds is 9. The van der Waals surface area contributed by atoms with E-state index in [1.54, 1.807) is 0 Å². The molecule has 0 saturated heterocycles. The van der Waals surface area contributed by atoms with E-state index >= 15 is 0 Å². The van der Waals surface area contributed by atoms with Crippen molar-refractivity contribution in [2.45, 2.75) is 43.0 Å². The van der Waals surface area contributed by atoms with Crippen LogP contribution in [-0.2, 0) is 43.0 Å². The number of alkyl halides is 12. The molecule has 0 aromatic carbocycles. The summed E-state index contributed by atoms with van der Waals surface area (Å²) in [6, 6.07) is 0. The summed E-state index contributed by atoms with van der Waals surface area (Å²) >= 11 is 0. The zero-order valence-electron chi connectivity index (χ0n) is 16.7. The average Bonchev–Trinajstić information content (AvgIpc) is 2.68. The predicted molar refractivity (Wildman–Crippen MR) is 80.3 cm³/mol. The molecule has 36 heavy (non-hydrogen) atoms. The third kappa shape index (κ3) is 10.8. The molecule has 0 spiro atoms. The smallest absolute Gasteiger partial charge is 0.455 e. The van der Waals surface area contributed by atoms with Gasteiger partial charge in [-0.05, 0) is 0 Å². The van der Waals surface area contributed by atoms with Crippen molar-refractivity contribution < 1.29 is 95.6 Å². The van der Waals surface area contributed by atoms with Crippen molar-refractivity contribution in [3.05, 3.63) is 0 Å². The van der Waals surface area contributed by atoms with Crippen molar-refractivity contribution in [1.29, 1.82) is 0 Å². The van der Waals surface area contributed by atoms with Crippen molar-refractivity contribution in [2.75, 3.05) is 13.7 Å². The van der Waals surface area contributed by atoms with Crippen LogP contribution in [0.15, 0.2) is 5.16 Å². The summed E-state index contributed by atoms with van der Waals surface area (Å²) in [4.78, 5) is 48.1. The van der Waals surface area contributed by atoms with Crippen LogP contribution in [0.5, 0.6) is 0 Å². The lowest BCUT2D eigenvalue weighted by Gasteiger charge is -2.30. The highest BCUT2D eigenvalue weighted by Crippen LogP contribution is 2.26. The number of carbonyl (C=O) groups is 4. The molecule has 0 aliphatic rings. The summed E-state index contributed by atoms with van der Waals surface area (Å²) in [5.74, 6) is -13.4. The Kier molecular flexibility index (Phi) is 10.8. The highest BCUT2D eigenvalue weighted by atomic mass is 19.4. The van der Waals surface area contributed by atoms with Gasteiger partial charge in [0.05, 0.1) is 6.21 Å². The van der Waals surface area contributed by atoms with E-state index in [2.05, 4.69) is 28.9 Å². The van der Waals surface area contributed by atoms with Crippen LogP contribution in [0.2, 0.25) is 0 Å². The van der Waals surface area contributed by atoms with E-state index in [-0.39, 0.29) is 6.21 Å². The summed E-state index contributed by atoms with van der Waals surface area (Å²) in [7, 11) is 0.613. The molecule has 208 valence electrons. The van der Waals surface area contributed by atoms with E-state index in [4.69, 9.17) is 0 Å². The van der Waals surface area contributed by atoms with E-state index in [1.165, 1.54) is 0 Å². The van der Waals surface area contributed by atoms with Gasteiger partial charge in [-0.3, -0.25) is 0 Å². The van der Waals surface area contributed by atoms with Crippen LogP contribution in [0.4, 0.5) is 52.7 Å². The largest absolute Gasteiger partial charge is 0.490 e. The molecule has 0 aliphatic carbocycles. The maximum atomic E-state index is 12.6. The summed E-state index contributed by atoms with van der Waals surface area (Å²) < 4.78 is 164. The third-order valence-corrected chi connectivity index (χ3v) is 3.05. The van der Waals surface area contributed by atoms with Gasteiger partial charge in [-0.25, -0.2) is 19.2 Å². The molecular formula is C14H9F12NO9. The highest BCUT2D eigenvalue weighted by molar-refractivity contribution is 5.80. The molecule has 0 rings (SSSR count).